The second-order valence-corrected chi connectivity index (χ2v) is 3.41. The molecule has 2 N–H and O–H groups in total. The average molecular weight is 224 g/mol. The van der Waals surface area contributed by atoms with E-state index in [4.69, 9.17) is 9.84 Å². The molecule has 0 amide bonds. The Balaban J connectivity index is 2.37. The lowest BCUT2D eigenvalue weighted by molar-refractivity contribution is -0.154. The van der Waals surface area contributed by atoms with Crippen LogP contribution in [0.5, 0.6) is 0 Å². The Hall–Kier alpha value is -1.39. The van der Waals surface area contributed by atoms with E-state index in [-0.39, 0.29) is 13.2 Å². The third kappa shape index (κ3) is 4.00. The number of carbonyl (C=O) groups excluding carboxylic acids is 1. The van der Waals surface area contributed by atoms with Crippen molar-refractivity contribution in [3.8, 4) is 0 Å². The molecule has 0 aliphatic heterocycles. The summed E-state index contributed by atoms with van der Waals surface area (Å²) < 4.78 is 4.86. The van der Waals surface area contributed by atoms with E-state index in [2.05, 4.69) is 0 Å². The summed E-state index contributed by atoms with van der Waals surface area (Å²) >= 11 is 0. The van der Waals surface area contributed by atoms with Crippen LogP contribution in [0.1, 0.15) is 24.5 Å². The Morgan fingerprint density at radius 1 is 1.25 bits per heavy atom. The molecule has 1 rings (SSSR count). The normalized spacial score (nSPS) is 12.1. The van der Waals surface area contributed by atoms with Gasteiger partial charge in [0.1, 0.15) is 0 Å². The number of hydrogen-bond donors (Lipinski definition) is 2. The monoisotopic (exact) mass is 224 g/mol. The Labute approximate surface area is 94.5 Å². The van der Waals surface area contributed by atoms with Gasteiger partial charge >= 0.3 is 5.97 Å². The van der Waals surface area contributed by atoms with Crippen molar-refractivity contribution in [2.24, 2.45) is 0 Å². The van der Waals surface area contributed by atoms with Crippen LogP contribution in [-0.4, -0.2) is 29.4 Å². The fourth-order valence-corrected chi connectivity index (χ4v) is 1.24. The van der Waals surface area contributed by atoms with Crippen molar-refractivity contribution < 1.29 is 19.7 Å². The largest absolute Gasteiger partial charge is 0.464 e. The number of hydrogen-bond acceptors (Lipinski definition) is 4. The van der Waals surface area contributed by atoms with Gasteiger partial charge in [-0.25, -0.2) is 4.79 Å². The first-order valence-electron chi connectivity index (χ1n) is 5.26. The highest BCUT2D eigenvalue weighted by Crippen LogP contribution is 2.13. The molecule has 0 radical (unpaired) electrons. The number of aliphatic hydroxyl groups is 2. The fourth-order valence-electron chi connectivity index (χ4n) is 1.24. The Kier molecular flexibility index (Phi) is 5.53. The molecule has 1 unspecified atom stereocenters. The summed E-state index contributed by atoms with van der Waals surface area (Å²) in [5.74, 6) is -0.649. The van der Waals surface area contributed by atoms with E-state index in [0.29, 0.717) is 18.4 Å². The van der Waals surface area contributed by atoms with Gasteiger partial charge in [0.2, 0.25) is 0 Å². The van der Waals surface area contributed by atoms with Gasteiger partial charge in [-0.05, 0) is 18.4 Å². The molecule has 4 heteroatoms. The number of carbonyl (C=O) groups is 1. The highest BCUT2D eigenvalue weighted by atomic mass is 16.5. The molecule has 16 heavy (non-hydrogen) atoms. The predicted molar refractivity (Wildman–Crippen MR) is 58.7 cm³/mol. The first-order chi connectivity index (χ1) is 7.75. The molecule has 0 spiro atoms. The maximum atomic E-state index is 11.4. The van der Waals surface area contributed by atoms with Crippen LogP contribution in [0.3, 0.4) is 0 Å². The summed E-state index contributed by atoms with van der Waals surface area (Å²) in [7, 11) is 0. The molecule has 88 valence electrons. The van der Waals surface area contributed by atoms with E-state index in [1.54, 1.807) is 24.3 Å². The van der Waals surface area contributed by atoms with Crippen LogP contribution in [0.2, 0.25) is 0 Å². The maximum Gasteiger partial charge on any atom is 0.339 e. The lowest BCUT2D eigenvalue weighted by Crippen LogP contribution is -2.16. The van der Waals surface area contributed by atoms with E-state index in [1.165, 1.54) is 0 Å². The van der Waals surface area contributed by atoms with Gasteiger partial charge in [-0.15, -0.1) is 0 Å². The minimum absolute atomic E-state index is 0.0821. The number of esters is 1. The van der Waals surface area contributed by atoms with Crippen LogP contribution >= 0.6 is 0 Å². The quantitative estimate of drug-likeness (QED) is 0.559. The van der Waals surface area contributed by atoms with Gasteiger partial charge in [-0.1, -0.05) is 30.3 Å². The Morgan fingerprint density at radius 2 is 1.94 bits per heavy atom. The summed E-state index contributed by atoms with van der Waals surface area (Å²) in [5.41, 5.74) is 0.523. The highest BCUT2D eigenvalue weighted by Gasteiger charge is 2.17. The van der Waals surface area contributed by atoms with Crippen LogP contribution in [-0.2, 0) is 9.53 Å². The zero-order chi connectivity index (χ0) is 11.8. The van der Waals surface area contributed by atoms with Crippen molar-refractivity contribution in [3.63, 3.8) is 0 Å². The molecule has 1 aromatic carbocycles. The summed E-state index contributed by atoms with van der Waals surface area (Å²) in [4.78, 5) is 11.4. The van der Waals surface area contributed by atoms with Gasteiger partial charge in [0.05, 0.1) is 6.61 Å². The summed E-state index contributed by atoms with van der Waals surface area (Å²) in [6.45, 7) is 0.308. The first-order valence-corrected chi connectivity index (χ1v) is 5.26. The first kappa shape index (κ1) is 12.7. The molecule has 1 atom stereocenters. The number of ether oxygens (including phenoxy) is 1. The molecule has 0 aromatic heterocycles. The van der Waals surface area contributed by atoms with Crippen molar-refractivity contribution in [3.05, 3.63) is 35.9 Å². The summed E-state index contributed by atoms with van der Waals surface area (Å²) in [6, 6.07) is 8.64. The lowest BCUT2D eigenvalue weighted by atomic mass is 10.1. The van der Waals surface area contributed by atoms with Crippen LogP contribution in [0.25, 0.3) is 0 Å². The third-order valence-electron chi connectivity index (χ3n) is 2.14. The molecule has 4 nitrogen and oxygen atoms in total. The zero-order valence-corrected chi connectivity index (χ0v) is 9.00. The van der Waals surface area contributed by atoms with Gasteiger partial charge in [0.15, 0.2) is 6.10 Å². The van der Waals surface area contributed by atoms with Gasteiger partial charge in [-0.3, -0.25) is 0 Å². The minimum atomic E-state index is -1.23. The number of benzene rings is 1. The standard InChI is InChI=1S/C12H16O4/c13-8-4-5-9-16-12(15)11(14)10-6-2-1-3-7-10/h1-3,6-7,11,13-14H,4-5,8-9H2. The van der Waals surface area contributed by atoms with Crippen molar-refractivity contribution in [2.75, 3.05) is 13.2 Å². The highest BCUT2D eigenvalue weighted by molar-refractivity contribution is 5.76. The van der Waals surface area contributed by atoms with Crippen molar-refractivity contribution in [2.45, 2.75) is 18.9 Å². The smallest absolute Gasteiger partial charge is 0.339 e. The average Bonchev–Trinajstić information content (AvgIpc) is 2.34. The predicted octanol–water partition coefficient (Wildman–Crippen LogP) is 1.04. The molecule has 0 saturated carbocycles. The van der Waals surface area contributed by atoms with Gasteiger partial charge in [0.25, 0.3) is 0 Å². The second kappa shape index (κ2) is 6.98. The lowest BCUT2D eigenvalue weighted by Gasteiger charge is -2.10. The second-order valence-electron chi connectivity index (χ2n) is 3.41. The van der Waals surface area contributed by atoms with E-state index < -0.39 is 12.1 Å². The molecular weight excluding hydrogens is 208 g/mol. The Morgan fingerprint density at radius 3 is 2.56 bits per heavy atom. The maximum absolute atomic E-state index is 11.4. The third-order valence-corrected chi connectivity index (χ3v) is 2.14. The van der Waals surface area contributed by atoms with Gasteiger partial charge in [0, 0.05) is 6.61 Å². The number of unbranched alkanes of at least 4 members (excludes halogenated alkanes) is 1. The molecule has 0 bridgehead atoms. The number of aliphatic hydroxyl groups excluding tert-OH is 2. The van der Waals surface area contributed by atoms with E-state index >= 15 is 0 Å². The van der Waals surface area contributed by atoms with Gasteiger partial charge < -0.3 is 14.9 Å². The fraction of sp³-hybridized carbons (Fsp3) is 0.417. The van der Waals surface area contributed by atoms with E-state index in [0.717, 1.165) is 0 Å². The van der Waals surface area contributed by atoms with Crippen LogP contribution in [0.15, 0.2) is 30.3 Å². The van der Waals surface area contributed by atoms with Crippen LogP contribution < -0.4 is 0 Å². The van der Waals surface area contributed by atoms with E-state index in [9.17, 15) is 9.90 Å². The Bertz CT molecular complexity index is 310. The summed E-state index contributed by atoms with van der Waals surface area (Å²) in [5, 5.41) is 18.2. The molecular formula is C12H16O4. The molecule has 0 heterocycles. The van der Waals surface area contributed by atoms with E-state index in [1.807, 2.05) is 6.07 Å². The van der Waals surface area contributed by atoms with Crippen LogP contribution in [0.4, 0.5) is 0 Å². The molecule has 0 saturated heterocycles. The molecule has 1 aromatic rings. The van der Waals surface area contributed by atoms with Crippen molar-refractivity contribution in [1.82, 2.24) is 0 Å². The molecule has 0 aliphatic rings. The summed E-state index contributed by atoms with van der Waals surface area (Å²) in [6.07, 6.45) is -0.0336. The van der Waals surface area contributed by atoms with Crippen LogP contribution in [0, 0.1) is 0 Å². The van der Waals surface area contributed by atoms with Crippen molar-refractivity contribution >= 4 is 5.97 Å². The zero-order valence-electron chi connectivity index (χ0n) is 9.00. The molecule has 0 fully saturated rings. The molecule has 0 aliphatic carbocycles. The van der Waals surface area contributed by atoms with Crippen molar-refractivity contribution in [1.29, 1.82) is 0 Å². The minimum Gasteiger partial charge on any atom is -0.464 e. The SMILES string of the molecule is O=C(OCCCCO)C(O)c1ccccc1. The number of rotatable bonds is 6. The van der Waals surface area contributed by atoms with Gasteiger partial charge in [-0.2, -0.15) is 0 Å². The topological polar surface area (TPSA) is 66.8 Å².